The highest BCUT2D eigenvalue weighted by molar-refractivity contribution is 5.86. The fourth-order valence-electron chi connectivity index (χ4n) is 5.15. The van der Waals surface area contributed by atoms with Gasteiger partial charge in [-0.2, -0.15) is 0 Å². The van der Waals surface area contributed by atoms with Gasteiger partial charge in [-0.15, -0.1) is 0 Å². The summed E-state index contributed by atoms with van der Waals surface area (Å²) >= 11 is 0. The van der Waals surface area contributed by atoms with Gasteiger partial charge in [0.05, 0.1) is 0 Å². The average molecular weight is 803 g/mol. The van der Waals surface area contributed by atoms with E-state index in [4.69, 9.17) is 18.9 Å². The van der Waals surface area contributed by atoms with Gasteiger partial charge < -0.3 is 18.9 Å². The lowest BCUT2D eigenvalue weighted by molar-refractivity contribution is -0.164. The monoisotopic (exact) mass is 803 g/mol. The van der Waals surface area contributed by atoms with Gasteiger partial charge in [-0.25, -0.2) is 9.59 Å². The molecule has 0 heterocycles. The molecule has 0 aromatic heterocycles. The smallest absolute Gasteiger partial charge is 0.335 e. The van der Waals surface area contributed by atoms with E-state index in [1.165, 1.54) is 0 Å². The van der Waals surface area contributed by atoms with E-state index in [2.05, 4.69) is 135 Å². The van der Waals surface area contributed by atoms with E-state index in [0.717, 1.165) is 103 Å². The molecule has 7 heteroatoms. The number of hydrogen-bond donors (Lipinski definition) is 0. The highest BCUT2D eigenvalue weighted by Crippen LogP contribution is 2.08. The fraction of sp³-hybridized carbons (Fsp3) is 0.549. The predicted octanol–water partition coefficient (Wildman–Crippen LogP) is 13.1. The molecule has 0 saturated carbocycles. The van der Waals surface area contributed by atoms with Gasteiger partial charge in [0.25, 0.3) is 0 Å². The maximum Gasteiger partial charge on any atom is 0.335 e. The van der Waals surface area contributed by atoms with E-state index < -0.39 is 43.1 Å². The topological polar surface area (TPSA) is 88.1 Å². The van der Waals surface area contributed by atoms with Crippen LogP contribution in [-0.4, -0.2) is 56.4 Å². The van der Waals surface area contributed by atoms with Crippen molar-refractivity contribution in [3.05, 3.63) is 122 Å². The van der Waals surface area contributed by atoms with Crippen LogP contribution in [0.5, 0.6) is 0 Å². The number of ether oxygens (including phenoxy) is 4. The van der Waals surface area contributed by atoms with Gasteiger partial charge in [0.15, 0.2) is 25.4 Å². The first kappa shape index (κ1) is 53.9. The van der Waals surface area contributed by atoms with Crippen molar-refractivity contribution < 1.29 is 33.3 Å². The zero-order valence-corrected chi connectivity index (χ0v) is 36.6. The van der Waals surface area contributed by atoms with E-state index >= 15 is 0 Å². The number of carbonyl (C=O) groups excluding carboxylic acids is 3. The molecule has 2 unspecified atom stereocenters. The number of carbonyl (C=O) groups is 3. The van der Waals surface area contributed by atoms with Crippen LogP contribution in [0.3, 0.4) is 0 Å². The van der Waals surface area contributed by atoms with Crippen LogP contribution in [0.25, 0.3) is 0 Å². The lowest BCUT2D eigenvalue weighted by Crippen LogP contribution is -2.31. The van der Waals surface area contributed by atoms with Crippen LogP contribution in [0, 0.1) is 0 Å². The van der Waals surface area contributed by atoms with Crippen molar-refractivity contribution in [1.82, 2.24) is 0 Å². The molecule has 0 aliphatic carbocycles. The van der Waals surface area contributed by atoms with E-state index in [1.807, 2.05) is 13.8 Å². The third kappa shape index (κ3) is 37.5. The summed E-state index contributed by atoms with van der Waals surface area (Å²) < 4.78 is 21.8. The lowest BCUT2D eigenvalue weighted by atomic mass is 10.2. The molecule has 0 N–H and O–H groups in total. The molecule has 0 aliphatic rings. The largest absolute Gasteiger partial charge is 0.456 e. The van der Waals surface area contributed by atoms with Crippen LogP contribution < -0.4 is 0 Å². The third-order valence-corrected chi connectivity index (χ3v) is 8.50. The Balaban J connectivity index is 3.99. The zero-order chi connectivity index (χ0) is 42.4. The number of hydrogen-bond acceptors (Lipinski definition) is 7. The molecule has 0 saturated heterocycles. The maximum absolute atomic E-state index is 12.5. The first-order valence-corrected chi connectivity index (χ1v) is 22.1. The van der Waals surface area contributed by atoms with Gasteiger partial charge in [0, 0.05) is 13.2 Å². The molecule has 0 rings (SSSR count). The van der Waals surface area contributed by atoms with Crippen LogP contribution in [0.4, 0.5) is 0 Å². The van der Waals surface area contributed by atoms with E-state index in [9.17, 15) is 14.4 Å². The zero-order valence-electron chi connectivity index (χ0n) is 36.6. The Morgan fingerprint density at radius 2 is 0.655 bits per heavy atom. The molecule has 7 nitrogen and oxygen atoms in total. The van der Waals surface area contributed by atoms with Crippen LogP contribution >= 0.6 is 0 Å². The van der Waals surface area contributed by atoms with Gasteiger partial charge in [0.2, 0.25) is 5.78 Å². The summed E-state index contributed by atoms with van der Waals surface area (Å²) in [5.41, 5.74) is 0. The molecule has 2 atom stereocenters. The first-order valence-electron chi connectivity index (χ1n) is 22.1. The number of rotatable bonds is 38. The highest BCUT2D eigenvalue weighted by atomic mass is 16.6. The Bertz CT molecular complexity index is 1210. The minimum absolute atomic E-state index is 0.436. The second-order valence-electron chi connectivity index (χ2n) is 13.7. The number of esters is 2. The van der Waals surface area contributed by atoms with Crippen LogP contribution in [-0.2, 0) is 33.3 Å². The summed E-state index contributed by atoms with van der Waals surface area (Å²) in [7, 11) is 0. The molecule has 0 radical (unpaired) electrons. The van der Waals surface area contributed by atoms with E-state index in [1.54, 1.807) is 0 Å². The predicted molar refractivity (Wildman–Crippen MR) is 244 cm³/mol. The third-order valence-electron chi connectivity index (χ3n) is 8.50. The Labute approximate surface area is 353 Å². The summed E-state index contributed by atoms with van der Waals surface area (Å²) in [6.07, 6.45) is 58.4. The molecule has 0 amide bonds. The van der Waals surface area contributed by atoms with Crippen LogP contribution in [0.1, 0.15) is 143 Å². The molecule has 0 aromatic carbocycles. The molecule has 0 bridgehead atoms. The van der Waals surface area contributed by atoms with Gasteiger partial charge in [-0.05, 0) is 116 Å². The standard InChI is InChI=1S/C51H78O7/c1-5-9-11-13-15-17-19-21-23-25-27-29-31-33-35-37-39-41-43-55-48(7-3)50(53)57-45-47(52)46-58-51(54)49(8-4)56-44-42-40-38-36-34-32-30-28-26-24-22-20-18-16-14-12-10-6-2/h9-12,15-18,21-24,27-30,33-36,48-49H,5-8,13-14,19-20,25-26,31-32,37-46H2,1-4H3/b11-9-,12-10-,17-15-,18-16-,23-21-,24-22-,29-27-,30-28-,35-33-,36-34-. The Morgan fingerprint density at radius 1 is 0.379 bits per heavy atom. The summed E-state index contributed by atoms with van der Waals surface area (Å²) in [6.45, 7) is 7.89. The Kier molecular flexibility index (Phi) is 41.0. The number of allylic oxidation sites excluding steroid dienone is 20. The molecule has 0 aromatic rings. The second kappa shape index (κ2) is 44.0. The van der Waals surface area contributed by atoms with Gasteiger partial charge in [-0.1, -0.05) is 149 Å². The van der Waals surface area contributed by atoms with E-state index in [-0.39, 0.29) is 0 Å². The van der Waals surface area contributed by atoms with Crippen molar-refractivity contribution in [2.45, 2.75) is 155 Å². The first-order chi connectivity index (χ1) is 28.5. The van der Waals surface area contributed by atoms with Crippen molar-refractivity contribution in [2.24, 2.45) is 0 Å². The van der Waals surface area contributed by atoms with Crippen molar-refractivity contribution in [3.63, 3.8) is 0 Å². The van der Waals surface area contributed by atoms with Crippen LogP contribution in [0.15, 0.2) is 122 Å². The van der Waals surface area contributed by atoms with Gasteiger partial charge in [-0.3, -0.25) is 4.79 Å². The van der Waals surface area contributed by atoms with Gasteiger partial charge >= 0.3 is 11.9 Å². The quantitative estimate of drug-likeness (QED) is 0.0349. The highest BCUT2D eigenvalue weighted by Gasteiger charge is 2.22. The maximum atomic E-state index is 12.5. The minimum atomic E-state index is -0.733. The Hall–Kier alpha value is -4.07. The molecule has 0 aliphatic heterocycles. The van der Waals surface area contributed by atoms with Crippen molar-refractivity contribution >= 4 is 17.7 Å². The average Bonchev–Trinajstić information content (AvgIpc) is 3.23. The van der Waals surface area contributed by atoms with Crippen molar-refractivity contribution in [1.29, 1.82) is 0 Å². The fourth-order valence-corrected chi connectivity index (χ4v) is 5.15. The van der Waals surface area contributed by atoms with Crippen molar-refractivity contribution in [3.8, 4) is 0 Å². The summed E-state index contributed by atoms with van der Waals surface area (Å²) in [5, 5.41) is 0. The van der Waals surface area contributed by atoms with Crippen molar-refractivity contribution in [2.75, 3.05) is 26.4 Å². The van der Waals surface area contributed by atoms with Crippen LogP contribution in [0.2, 0.25) is 0 Å². The summed E-state index contributed by atoms with van der Waals surface area (Å²) in [6, 6.07) is 0. The number of ketones is 1. The lowest BCUT2D eigenvalue weighted by Gasteiger charge is -2.16. The van der Waals surface area contributed by atoms with E-state index in [0.29, 0.717) is 26.1 Å². The molecule has 58 heavy (non-hydrogen) atoms. The SMILES string of the molecule is CC/C=C\C/C=C\C/C=C\C/C=C\C/C=C\CCCCOC(CC)C(=O)OCC(=O)COC(=O)C(CC)OCCCC/C=C\C/C=C\C/C=C\C/C=C\C/C=C\CC. The number of Topliss-reactive ketones (excluding diaryl/α,β-unsaturated/α-hetero) is 1. The molecule has 0 fully saturated rings. The number of unbranched alkanes of at least 4 members (excludes halogenated alkanes) is 4. The molecule has 324 valence electrons. The normalized spacial score (nSPS) is 13.9. The molecular weight excluding hydrogens is 725 g/mol. The molecular formula is C51H78O7. The Morgan fingerprint density at radius 3 is 0.931 bits per heavy atom. The summed E-state index contributed by atoms with van der Waals surface area (Å²) in [5.74, 6) is -1.67. The molecule has 0 spiro atoms. The van der Waals surface area contributed by atoms with Gasteiger partial charge in [0.1, 0.15) is 0 Å². The second-order valence-corrected chi connectivity index (χ2v) is 13.7. The minimum Gasteiger partial charge on any atom is -0.456 e. The summed E-state index contributed by atoms with van der Waals surface area (Å²) in [4.78, 5) is 37.2.